The minimum atomic E-state index is 0.0448. The van der Waals surface area contributed by atoms with Gasteiger partial charge in [-0.2, -0.15) is 23.5 Å². The zero-order valence-corrected chi connectivity index (χ0v) is 18.1. The van der Waals surface area contributed by atoms with E-state index >= 15 is 0 Å². The van der Waals surface area contributed by atoms with Crippen LogP contribution in [-0.2, 0) is 9.47 Å². The lowest BCUT2D eigenvalue weighted by molar-refractivity contribution is 0.218. The molecule has 0 N–H and O–H groups in total. The summed E-state index contributed by atoms with van der Waals surface area (Å²) in [7, 11) is 3.44. The van der Waals surface area contributed by atoms with E-state index in [1.54, 1.807) is 20.3 Å². The number of rotatable bonds is 13. The first-order valence-electron chi connectivity index (χ1n) is 8.57. The van der Waals surface area contributed by atoms with Gasteiger partial charge in [-0.3, -0.25) is 4.79 Å². The fourth-order valence-electron chi connectivity index (χ4n) is 2.37. The Kier molecular flexibility index (Phi) is 9.92. The predicted octanol–water partition coefficient (Wildman–Crippen LogP) is 3.73. The number of fused-ring (bicyclic) bond motifs is 1. The van der Waals surface area contributed by atoms with E-state index in [0.29, 0.717) is 10.6 Å². The van der Waals surface area contributed by atoms with Gasteiger partial charge in [0.2, 0.25) is 5.43 Å². The molecule has 0 amide bonds. The van der Waals surface area contributed by atoms with E-state index < -0.39 is 0 Å². The van der Waals surface area contributed by atoms with Crippen LogP contribution in [0.25, 0.3) is 10.3 Å². The van der Waals surface area contributed by atoms with Crippen LogP contribution in [-0.4, -0.2) is 63.5 Å². The van der Waals surface area contributed by atoms with Crippen LogP contribution in [0.1, 0.15) is 5.56 Å². The fourth-order valence-corrected chi connectivity index (χ4v) is 4.93. The highest BCUT2D eigenvalue weighted by molar-refractivity contribution is 7.99. The summed E-state index contributed by atoms with van der Waals surface area (Å²) in [5, 5.41) is 1.98. The summed E-state index contributed by atoms with van der Waals surface area (Å²) in [5.74, 6) is 4.55. The van der Waals surface area contributed by atoms with Gasteiger partial charge in [0.15, 0.2) is 11.5 Å². The van der Waals surface area contributed by atoms with Crippen LogP contribution in [0, 0.1) is 6.92 Å². The maximum atomic E-state index is 12.4. The van der Waals surface area contributed by atoms with Gasteiger partial charge in [-0.25, -0.2) is 0 Å². The van der Waals surface area contributed by atoms with E-state index in [1.165, 1.54) is 11.3 Å². The molecule has 0 aliphatic heterocycles. The molecule has 0 saturated carbocycles. The van der Waals surface area contributed by atoms with Crippen LogP contribution in [0.2, 0.25) is 0 Å². The number of nitrogens with zero attached hydrogens (tertiary/aromatic N) is 1. The standard InChI is InChI=1S/C18H27NO4S3/c1-14-13-26-18-15(20)12-16(23-17(14)18)19(4-8-24-10-6-21-2)5-9-25-11-7-22-3/h12-13H,4-11H2,1-3H3. The molecule has 2 aromatic rings. The van der Waals surface area contributed by atoms with Gasteiger partial charge in [0.1, 0.15) is 4.70 Å². The van der Waals surface area contributed by atoms with Gasteiger partial charge in [-0.1, -0.05) is 0 Å². The maximum Gasteiger partial charge on any atom is 0.204 e. The van der Waals surface area contributed by atoms with Crippen LogP contribution in [0.5, 0.6) is 0 Å². The molecule has 0 aliphatic rings. The van der Waals surface area contributed by atoms with E-state index in [1.807, 2.05) is 35.8 Å². The number of thioether (sulfide) groups is 2. The Morgan fingerprint density at radius 1 is 1.08 bits per heavy atom. The number of aryl methyl sites for hydroxylation is 1. The van der Waals surface area contributed by atoms with Gasteiger partial charge in [-0.15, -0.1) is 11.3 Å². The molecule has 146 valence electrons. The predicted molar refractivity (Wildman–Crippen MR) is 116 cm³/mol. The topological polar surface area (TPSA) is 51.9 Å². The van der Waals surface area contributed by atoms with Crippen LogP contribution >= 0.6 is 34.9 Å². The van der Waals surface area contributed by atoms with Crippen LogP contribution in [0.15, 0.2) is 20.7 Å². The molecule has 0 radical (unpaired) electrons. The molecule has 8 heteroatoms. The van der Waals surface area contributed by atoms with Crippen LogP contribution < -0.4 is 10.3 Å². The molecule has 0 bridgehead atoms. The minimum absolute atomic E-state index is 0.0448. The van der Waals surface area contributed by atoms with Gasteiger partial charge in [0, 0.05) is 62.0 Å². The smallest absolute Gasteiger partial charge is 0.204 e. The van der Waals surface area contributed by atoms with Crippen molar-refractivity contribution < 1.29 is 13.9 Å². The molecule has 0 unspecified atom stereocenters. The second kappa shape index (κ2) is 11.9. The van der Waals surface area contributed by atoms with Crippen molar-refractivity contribution in [2.75, 3.05) is 68.4 Å². The Bertz CT molecular complexity index is 702. The summed E-state index contributed by atoms with van der Waals surface area (Å²) >= 11 is 5.15. The van der Waals surface area contributed by atoms with Crippen molar-refractivity contribution in [2.45, 2.75) is 6.92 Å². The Hall–Kier alpha value is -0.670. The number of hydrogen-bond acceptors (Lipinski definition) is 8. The number of methoxy groups -OCH3 is 2. The third-order valence-electron chi connectivity index (χ3n) is 3.79. The highest BCUT2D eigenvalue weighted by Gasteiger charge is 2.14. The molecule has 0 aliphatic carbocycles. The van der Waals surface area contributed by atoms with Crippen LogP contribution in [0.3, 0.4) is 0 Å². The summed E-state index contributed by atoms with van der Waals surface area (Å²) < 4.78 is 17.0. The van der Waals surface area contributed by atoms with Crippen molar-refractivity contribution in [3.8, 4) is 0 Å². The first-order valence-corrected chi connectivity index (χ1v) is 11.8. The average molecular weight is 418 g/mol. The van der Waals surface area contributed by atoms with Crippen molar-refractivity contribution in [3.63, 3.8) is 0 Å². The van der Waals surface area contributed by atoms with Gasteiger partial charge in [0.25, 0.3) is 0 Å². The molecule has 0 fully saturated rings. The van der Waals surface area contributed by atoms with Crippen molar-refractivity contribution >= 4 is 51.0 Å². The third kappa shape index (κ3) is 6.49. The normalized spacial score (nSPS) is 11.3. The zero-order valence-electron chi connectivity index (χ0n) is 15.6. The van der Waals surface area contributed by atoms with Crippen molar-refractivity contribution in [1.29, 1.82) is 0 Å². The number of anilines is 1. The first kappa shape index (κ1) is 21.6. The van der Waals surface area contributed by atoms with E-state index in [9.17, 15) is 4.79 Å². The van der Waals surface area contributed by atoms with E-state index in [4.69, 9.17) is 13.9 Å². The first-order chi connectivity index (χ1) is 12.7. The lowest BCUT2D eigenvalue weighted by Crippen LogP contribution is -2.29. The van der Waals surface area contributed by atoms with Crippen molar-refractivity contribution in [2.24, 2.45) is 0 Å². The maximum absolute atomic E-state index is 12.4. The van der Waals surface area contributed by atoms with Crippen LogP contribution in [0.4, 0.5) is 5.88 Å². The Morgan fingerprint density at radius 3 is 2.27 bits per heavy atom. The Labute approximate surface area is 167 Å². The molecule has 0 spiro atoms. The minimum Gasteiger partial charge on any atom is -0.439 e. The molecule has 2 rings (SSSR count). The lowest BCUT2D eigenvalue weighted by atomic mass is 10.3. The highest BCUT2D eigenvalue weighted by atomic mass is 32.2. The summed E-state index contributed by atoms with van der Waals surface area (Å²) in [6.45, 7) is 5.18. The molecular weight excluding hydrogens is 390 g/mol. The summed E-state index contributed by atoms with van der Waals surface area (Å²) in [6, 6.07) is 1.64. The third-order valence-corrected chi connectivity index (χ3v) is 6.74. The zero-order chi connectivity index (χ0) is 18.8. The fraction of sp³-hybridized carbons (Fsp3) is 0.611. The van der Waals surface area contributed by atoms with Gasteiger partial charge >= 0.3 is 0 Å². The summed E-state index contributed by atoms with van der Waals surface area (Å²) in [4.78, 5) is 14.6. The van der Waals surface area contributed by atoms with E-state index in [2.05, 4.69) is 4.90 Å². The number of hydrogen-bond donors (Lipinski definition) is 0. The largest absolute Gasteiger partial charge is 0.439 e. The summed E-state index contributed by atoms with van der Waals surface area (Å²) in [6.07, 6.45) is 0. The SMILES string of the molecule is COCCSCCN(CCSCCOC)c1cc(=O)c2scc(C)c2o1. The second-order valence-corrected chi connectivity index (χ2v) is 9.05. The molecule has 26 heavy (non-hydrogen) atoms. The molecular formula is C18H27NO4S3. The van der Waals surface area contributed by atoms with E-state index in [0.717, 1.165) is 60.5 Å². The van der Waals surface area contributed by atoms with Gasteiger partial charge < -0.3 is 18.8 Å². The lowest BCUT2D eigenvalue weighted by Gasteiger charge is -2.23. The second-order valence-electron chi connectivity index (χ2n) is 5.72. The molecule has 0 atom stereocenters. The Balaban J connectivity index is 2.05. The quantitative estimate of drug-likeness (QED) is 0.460. The average Bonchev–Trinajstić information content (AvgIpc) is 3.01. The molecule has 5 nitrogen and oxygen atoms in total. The van der Waals surface area contributed by atoms with Gasteiger partial charge in [0.05, 0.1) is 13.2 Å². The Morgan fingerprint density at radius 2 is 1.69 bits per heavy atom. The molecule has 0 aromatic carbocycles. The van der Waals surface area contributed by atoms with E-state index in [-0.39, 0.29) is 5.43 Å². The van der Waals surface area contributed by atoms with Crippen molar-refractivity contribution in [1.82, 2.24) is 0 Å². The summed E-state index contributed by atoms with van der Waals surface area (Å²) in [5.41, 5.74) is 1.79. The highest BCUT2D eigenvalue weighted by Crippen LogP contribution is 2.27. The molecule has 0 saturated heterocycles. The number of thiophene rings is 1. The molecule has 2 aromatic heterocycles. The van der Waals surface area contributed by atoms with Crippen molar-refractivity contribution in [3.05, 3.63) is 27.2 Å². The monoisotopic (exact) mass is 417 g/mol. The van der Waals surface area contributed by atoms with Gasteiger partial charge in [-0.05, 0) is 12.3 Å². The molecule has 2 heterocycles. The number of ether oxygens (including phenoxy) is 2.